The zero-order valence-corrected chi connectivity index (χ0v) is 8.91. The van der Waals surface area contributed by atoms with Crippen molar-refractivity contribution in [3.63, 3.8) is 0 Å². The first-order valence-electron chi connectivity index (χ1n) is 4.09. The molecule has 0 amide bonds. The average Bonchev–Trinajstić information content (AvgIpc) is 2.21. The number of hydrogen-bond donors (Lipinski definition) is 0. The Labute approximate surface area is 91.8 Å². The van der Waals surface area contributed by atoms with Crippen LogP contribution in [0.2, 0.25) is 5.02 Å². The molecule has 0 atom stereocenters. The molecule has 0 aliphatic carbocycles. The first-order chi connectivity index (χ1) is 6.69. The molecule has 0 radical (unpaired) electrons. The Kier molecular flexibility index (Phi) is 4.36. The van der Waals surface area contributed by atoms with Crippen LogP contribution in [0.4, 0.5) is 4.39 Å². The summed E-state index contributed by atoms with van der Waals surface area (Å²) in [7, 11) is 0. The molecule has 76 valence electrons. The van der Waals surface area contributed by atoms with E-state index in [-0.39, 0.29) is 18.1 Å². The summed E-state index contributed by atoms with van der Waals surface area (Å²) in [6.45, 7) is -0.623. The Morgan fingerprint density at radius 1 is 1.36 bits per heavy atom. The fourth-order valence-corrected chi connectivity index (χ4v) is 1.47. The fraction of sp³-hybridized carbons (Fsp3) is 0.300. The fourth-order valence-electron chi connectivity index (χ4n) is 1.13. The molecule has 1 rings (SSSR count). The van der Waals surface area contributed by atoms with E-state index in [4.69, 9.17) is 23.2 Å². The highest BCUT2D eigenvalue weighted by molar-refractivity contribution is 6.32. The van der Waals surface area contributed by atoms with Gasteiger partial charge in [0, 0.05) is 12.0 Å². The van der Waals surface area contributed by atoms with E-state index in [9.17, 15) is 9.18 Å². The van der Waals surface area contributed by atoms with Crippen molar-refractivity contribution in [2.45, 2.75) is 13.1 Å². The molecule has 14 heavy (non-hydrogen) atoms. The molecule has 0 unspecified atom stereocenters. The molecule has 1 aromatic carbocycles. The molecule has 0 heterocycles. The van der Waals surface area contributed by atoms with Crippen molar-refractivity contribution < 1.29 is 9.18 Å². The highest BCUT2D eigenvalue weighted by atomic mass is 35.5. The van der Waals surface area contributed by atoms with Gasteiger partial charge in [-0.2, -0.15) is 0 Å². The van der Waals surface area contributed by atoms with Crippen LogP contribution in [0.1, 0.15) is 11.1 Å². The van der Waals surface area contributed by atoms with E-state index in [0.717, 1.165) is 0 Å². The molecule has 1 aromatic rings. The largest absolute Gasteiger partial charge is 0.298 e. The summed E-state index contributed by atoms with van der Waals surface area (Å²) in [6.07, 6.45) is 0.163. The third kappa shape index (κ3) is 2.69. The summed E-state index contributed by atoms with van der Waals surface area (Å²) in [4.78, 5) is 11.0. The highest BCUT2D eigenvalue weighted by Crippen LogP contribution is 2.22. The quantitative estimate of drug-likeness (QED) is 0.732. The van der Waals surface area contributed by atoms with Crippen LogP contribution >= 0.6 is 23.2 Å². The number of ketones is 1. The lowest BCUT2D eigenvalue weighted by Gasteiger charge is -2.05. The second kappa shape index (κ2) is 5.32. The standard InChI is InChI=1S/C10H9Cl2FO/c11-5-9(14)4-7-2-1-3-8(6-13)10(7)12/h1-3H,4-6H2. The molecule has 0 aromatic heterocycles. The molecule has 0 N–H and O–H groups in total. The second-order valence-electron chi connectivity index (χ2n) is 2.87. The summed E-state index contributed by atoms with van der Waals surface area (Å²) in [5.74, 6) is -0.166. The number of carbonyl (C=O) groups is 1. The van der Waals surface area contributed by atoms with E-state index >= 15 is 0 Å². The van der Waals surface area contributed by atoms with Gasteiger partial charge in [-0.25, -0.2) is 4.39 Å². The van der Waals surface area contributed by atoms with Gasteiger partial charge in [-0.05, 0) is 5.56 Å². The minimum atomic E-state index is -0.623. The van der Waals surface area contributed by atoms with Gasteiger partial charge in [-0.1, -0.05) is 29.8 Å². The van der Waals surface area contributed by atoms with Crippen molar-refractivity contribution >= 4 is 29.0 Å². The molecule has 0 saturated carbocycles. The monoisotopic (exact) mass is 234 g/mol. The Balaban J connectivity index is 2.92. The van der Waals surface area contributed by atoms with Crippen molar-refractivity contribution in [1.82, 2.24) is 0 Å². The SMILES string of the molecule is O=C(CCl)Cc1cccc(CF)c1Cl. The number of hydrogen-bond acceptors (Lipinski definition) is 1. The summed E-state index contributed by atoms with van der Waals surface area (Å²) >= 11 is 11.2. The van der Waals surface area contributed by atoms with Crippen molar-refractivity contribution in [2.75, 3.05) is 5.88 Å². The zero-order valence-electron chi connectivity index (χ0n) is 7.40. The molecule has 0 aliphatic rings. The first kappa shape index (κ1) is 11.5. The number of carbonyl (C=O) groups excluding carboxylic acids is 1. The number of Topliss-reactive ketones (excluding diaryl/α,β-unsaturated/α-hetero) is 1. The number of rotatable bonds is 4. The van der Waals surface area contributed by atoms with Gasteiger partial charge in [0.25, 0.3) is 0 Å². The van der Waals surface area contributed by atoms with Crippen molar-refractivity contribution in [2.24, 2.45) is 0 Å². The first-order valence-corrected chi connectivity index (χ1v) is 5.00. The van der Waals surface area contributed by atoms with Crippen LogP contribution in [0.3, 0.4) is 0 Å². The molecule has 0 fully saturated rings. The van der Waals surface area contributed by atoms with Crippen molar-refractivity contribution in [3.8, 4) is 0 Å². The molecule has 4 heteroatoms. The van der Waals surface area contributed by atoms with Crippen LogP contribution in [0.25, 0.3) is 0 Å². The number of halogens is 3. The van der Waals surface area contributed by atoms with E-state index in [1.54, 1.807) is 18.2 Å². The number of benzene rings is 1. The third-order valence-corrected chi connectivity index (χ3v) is 2.62. The molecule has 0 bridgehead atoms. The Hall–Kier alpha value is -0.600. The van der Waals surface area contributed by atoms with Crippen LogP contribution in [0.5, 0.6) is 0 Å². The van der Waals surface area contributed by atoms with Crippen LogP contribution in [0.15, 0.2) is 18.2 Å². The summed E-state index contributed by atoms with van der Waals surface area (Å²) in [5.41, 5.74) is 1.04. The number of alkyl halides is 2. The van der Waals surface area contributed by atoms with E-state index < -0.39 is 6.67 Å². The predicted octanol–water partition coefficient (Wildman–Crippen LogP) is 3.16. The lowest BCUT2D eigenvalue weighted by Crippen LogP contribution is -2.04. The van der Waals surface area contributed by atoms with Gasteiger partial charge in [0.15, 0.2) is 5.78 Å². The lowest BCUT2D eigenvalue weighted by atomic mass is 10.1. The lowest BCUT2D eigenvalue weighted by molar-refractivity contribution is -0.116. The summed E-state index contributed by atoms with van der Waals surface area (Å²) < 4.78 is 12.4. The van der Waals surface area contributed by atoms with E-state index in [0.29, 0.717) is 16.1 Å². The molecule has 0 saturated heterocycles. The normalized spacial score (nSPS) is 10.2. The van der Waals surface area contributed by atoms with Gasteiger partial charge in [-0.15, -0.1) is 11.6 Å². The Bertz CT molecular complexity index is 339. The topological polar surface area (TPSA) is 17.1 Å². The molecule has 1 nitrogen and oxygen atoms in total. The molecular weight excluding hydrogens is 226 g/mol. The smallest absolute Gasteiger partial charge is 0.152 e. The maximum Gasteiger partial charge on any atom is 0.152 e. The highest BCUT2D eigenvalue weighted by Gasteiger charge is 2.09. The Morgan fingerprint density at radius 3 is 2.57 bits per heavy atom. The van der Waals surface area contributed by atoms with E-state index in [1.807, 2.05) is 0 Å². The minimum absolute atomic E-state index is 0.0455. The van der Waals surface area contributed by atoms with Crippen molar-refractivity contribution in [3.05, 3.63) is 34.3 Å². The molecular formula is C10H9Cl2FO. The maximum atomic E-state index is 12.4. The average molecular weight is 235 g/mol. The van der Waals surface area contributed by atoms with Gasteiger partial charge < -0.3 is 0 Å². The van der Waals surface area contributed by atoms with Gasteiger partial charge in [0.2, 0.25) is 0 Å². The van der Waals surface area contributed by atoms with Crippen LogP contribution in [-0.2, 0) is 17.9 Å². The van der Waals surface area contributed by atoms with Crippen molar-refractivity contribution in [1.29, 1.82) is 0 Å². The predicted molar refractivity (Wildman–Crippen MR) is 55.7 cm³/mol. The third-order valence-electron chi connectivity index (χ3n) is 1.84. The van der Waals surface area contributed by atoms with Gasteiger partial charge in [0.05, 0.1) is 10.9 Å². The van der Waals surface area contributed by atoms with Gasteiger partial charge in [-0.3, -0.25) is 4.79 Å². The van der Waals surface area contributed by atoms with Gasteiger partial charge >= 0.3 is 0 Å². The molecule has 0 spiro atoms. The summed E-state index contributed by atoms with van der Waals surface area (Å²) in [5, 5.41) is 0.327. The van der Waals surface area contributed by atoms with Crippen LogP contribution in [-0.4, -0.2) is 11.7 Å². The zero-order chi connectivity index (χ0) is 10.6. The maximum absolute atomic E-state index is 12.4. The molecule has 0 aliphatic heterocycles. The van der Waals surface area contributed by atoms with Crippen LogP contribution in [0, 0.1) is 0 Å². The van der Waals surface area contributed by atoms with Crippen LogP contribution < -0.4 is 0 Å². The Morgan fingerprint density at radius 2 is 2.00 bits per heavy atom. The minimum Gasteiger partial charge on any atom is -0.298 e. The second-order valence-corrected chi connectivity index (χ2v) is 3.52. The summed E-state index contributed by atoms with van der Waals surface area (Å²) in [6, 6.07) is 4.97. The van der Waals surface area contributed by atoms with Gasteiger partial charge in [0.1, 0.15) is 6.67 Å². The van der Waals surface area contributed by atoms with E-state index in [1.165, 1.54) is 0 Å². The van der Waals surface area contributed by atoms with E-state index in [2.05, 4.69) is 0 Å².